The molecule has 0 aliphatic carbocycles. The van der Waals surface area contributed by atoms with Crippen molar-refractivity contribution in [2.24, 2.45) is 0 Å². The summed E-state index contributed by atoms with van der Waals surface area (Å²) < 4.78 is 4.52. The first kappa shape index (κ1) is 27.1. The van der Waals surface area contributed by atoms with E-state index in [2.05, 4.69) is 18.2 Å². The first-order valence-corrected chi connectivity index (χ1v) is 10.1. The Kier molecular flexibility index (Phi) is 23.8. The van der Waals surface area contributed by atoms with E-state index in [0.29, 0.717) is 6.42 Å². The van der Waals surface area contributed by atoms with Crippen LogP contribution in [0.5, 0.6) is 0 Å². The summed E-state index contributed by atoms with van der Waals surface area (Å²) in [7, 11) is 0. The number of carbonyl (C=O) groups is 2. The Morgan fingerprint density at radius 1 is 0.720 bits per heavy atom. The molecule has 0 radical (unpaired) electrons. The van der Waals surface area contributed by atoms with Gasteiger partial charge in [0.05, 0.1) is 0 Å². The fourth-order valence-corrected chi connectivity index (χ4v) is 2.85. The fraction of sp³-hybridized carbons (Fsp3) is 0.810. The van der Waals surface area contributed by atoms with Crippen LogP contribution in [0.25, 0.3) is 0 Å². The standard InChI is InChI=1S/C21H38O3.Na.H/c1-3-5-6-7-8-9-10-11-12-13-14-15-16-17-18-19-21(23)24-20(22)4-2;;/h4H,2-3,5-19H2,1H3;;. The van der Waals surface area contributed by atoms with Gasteiger partial charge in [-0.25, -0.2) is 4.79 Å². The first-order chi connectivity index (χ1) is 11.7. The maximum atomic E-state index is 11.3. The van der Waals surface area contributed by atoms with Gasteiger partial charge in [0.2, 0.25) is 0 Å². The molecule has 0 fully saturated rings. The summed E-state index contributed by atoms with van der Waals surface area (Å²) in [4.78, 5) is 22.1. The molecule has 0 saturated carbocycles. The molecule has 4 heteroatoms. The topological polar surface area (TPSA) is 43.4 Å². The van der Waals surface area contributed by atoms with E-state index >= 15 is 0 Å². The predicted octanol–water partition coefficient (Wildman–Crippen LogP) is 5.86. The average Bonchev–Trinajstić information content (AvgIpc) is 2.58. The molecule has 0 N–H and O–H groups in total. The molecule has 0 aromatic carbocycles. The third-order valence-electron chi connectivity index (χ3n) is 4.37. The molecule has 0 heterocycles. The Balaban J connectivity index is 0. The Hall–Kier alpha value is -0.120. The van der Waals surface area contributed by atoms with Crippen molar-refractivity contribution in [3.8, 4) is 0 Å². The van der Waals surface area contributed by atoms with Crippen LogP contribution < -0.4 is 0 Å². The van der Waals surface area contributed by atoms with E-state index in [1.807, 2.05) is 0 Å². The fourth-order valence-electron chi connectivity index (χ4n) is 2.85. The van der Waals surface area contributed by atoms with Crippen molar-refractivity contribution < 1.29 is 14.3 Å². The SMILES string of the molecule is C=CC(=O)OC(=O)CCCCCCCCCCCCCCCCC.[NaH]. The van der Waals surface area contributed by atoms with Crippen LogP contribution in [0.2, 0.25) is 0 Å². The van der Waals surface area contributed by atoms with Gasteiger partial charge in [-0.2, -0.15) is 0 Å². The molecule has 0 spiro atoms. The molecule has 0 unspecified atom stereocenters. The van der Waals surface area contributed by atoms with Crippen molar-refractivity contribution in [3.63, 3.8) is 0 Å². The van der Waals surface area contributed by atoms with E-state index < -0.39 is 11.9 Å². The Morgan fingerprint density at radius 3 is 1.44 bits per heavy atom. The third-order valence-corrected chi connectivity index (χ3v) is 4.37. The summed E-state index contributed by atoms with van der Waals surface area (Å²) in [6.07, 6.45) is 20.8. The van der Waals surface area contributed by atoms with Gasteiger partial charge in [-0.15, -0.1) is 0 Å². The molecule has 25 heavy (non-hydrogen) atoms. The second-order valence-electron chi connectivity index (χ2n) is 6.70. The van der Waals surface area contributed by atoms with Crippen LogP contribution in [0.1, 0.15) is 110 Å². The van der Waals surface area contributed by atoms with Crippen LogP contribution in [-0.4, -0.2) is 41.5 Å². The molecular weight excluding hydrogens is 323 g/mol. The molecule has 0 aromatic heterocycles. The summed E-state index contributed by atoms with van der Waals surface area (Å²) in [5, 5.41) is 0. The van der Waals surface area contributed by atoms with E-state index in [9.17, 15) is 9.59 Å². The number of ether oxygens (including phenoxy) is 1. The number of hydrogen-bond donors (Lipinski definition) is 0. The van der Waals surface area contributed by atoms with Gasteiger partial charge in [0.1, 0.15) is 0 Å². The zero-order valence-electron chi connectivity index (χ0n) is 15.8. The molecule has 0 aliphatic heterocycles. The van der Waals surface area contributed by atoms with Gasteiger partial charge in [-0.1, -0.05) is 103 Å². The van der Waals surface area contributed by atoms with Crippen molar-refractivity contribution in [1.82, 2.24) is 0 Å². The van der Waals surface area contributed by atoms with Crippen LogP contribution in [0.4, 0.5) is 0 Å². The Bertz CT molecular complexity index is 329. The van der Waals surface area contributed by atoms with Gasteiger partial charge in [0, 0.05) is 12.5 Å². The molecule has 0 amide bonds. The summed E-state index contributed by atoms with van der Waals surface area (Å²) in [5.41, 5.74) is 0. The van der Waals surface area contributed by atoms with Crippen LogP contribution in [0.3, 0.4) is 0 Å². The number of hydrogen-bond acceptors (Lipinski definition) is 3. The second-order valence-corrected chi connectivity index (χ2v) is 6.70. The summed E-state index contributed by atoms with van der Waals surface area (Å²) in [5.74, 6) is -1.09. The van der Waals surface area contributed by atoms with Crippen molar-refractivity contribution in [2.75, 3.05) is 0 Å². The van der Waals surface area contributed by atoms with E-state index in [1.54, 1.807) is 0 Å². The van der Waals surface area contributed by atoms with Crippen LogP contribution in [0.15, 0.2) is 12.7 Å². The quantitative estimate of drug-likeness (QED) is 0.107. The van der Waals surface area contributed by atoms with E-state index in [1.165, 1.54) is 83.5 Å². The Labute approximate surface area is 177 Å². The van der Waals surface area contributed by atoms with Crippen molar-refractivity contribution in [1.29, 1.82) is 0 Å². The minimum atomic E-state index is -0.652. The molecule has 0 atom stereocenters. The van der Waals surface area contributed by atoms with Gasteiger partial charge in [-0.3, -0.25) is 4.79 Å². The summed E-state index contributed by atoms with van der Waals surface area (Å²) in [6.45, 7) is 5.53. The van der Waals surface area contributed by atoms with Crippen LogP contribution in [-0.2, 0) is 14.3 Å². The molecule has 0 aliphatic rings. The normalized spacial score (nSPS) is 10.1. The molecule has 0 aromatic rings. The summed E-state index contributed by atoms with van der Waals surface area (Å²) >= 11 is 0. The number of carbonyl (C=O) groups excluding carboxylic acids is 2. The molecule has 0 saturated heterocycles. The van der Waals surface area contributed by atoms with Crippen molar-refractivity contribution in [3.05, 3.63) is 12.7 Å². The molecule has 3 nitrogen and oxygen atoms in total. The molecule has 0 bridgehead atoms. The minimum absolute atomic E-state index is 0. The van der Waals surface area contributed by atoms with Gasteiger partial charge in [0.25, 0.3) is 0 Å². The van der Waals surface area contributed by atoms with Gasteiger partial charge < -0.3 is 4.74 Å². The maximum absolute atomic E-state index is 11.3. The van der Waals surface area contributed by atoms with Crippen molar-refractivity contribution >= 4 is 41.5 Å². The van der Waals surface area contributed by atoms with Crippen LogP contribution >= 0.6 is 0 Å². The van der Waals surface area contributed by atoms with Gasteiger partial charge in [0.15, 0.2) is 0 Å². The van der Waals surface area contributed by atoms with Crippen LogP contribution in [0, 0.1) is 0 Å². The van der Waals surface area contributed by atoms with Gasteiger partial charge >= 0.3 is 41.5 Å². The van der Waals surface area contributed by atoms with Gasteiger partial charge in [-0.05, 0) is 6.42 Å². The second kappa shape index (κ2) is 21.9. The summed E-state index contributed by atoms with van der Waals surface area (Å²) in [6, 6.07) is 0. The number of rotatable bonds is 17. The molecule has 142 valence electrons. The van der Waals surface area contributed by atoms with E-state index in [4.69, 9.17) is 0 Å². The number of esters is 2. The monoisotopic (exact) mass is 362 g/mol. The zero-order chi connectivity index (χ0) is 17.9. The zero-order valence-corrected chi connectivity index (χ0v) is 15.8. The number of unbranched alkanes of at least 4 members (excludes halogenated alkanes) is 14. The van der Waals surface area contributed by atoms with Crippen molar-refractivity contribution in [2.45, 2.75) is 110 Å². The molecular formula is C21H39NaO3. The predicted molar refractivity (Wildman–Crippen MR) is 108 cm³/mol. The Morgan fingerprint density at radius 2 is 1.08 bits per heavy atom. The average molecular weight is 363 g/mol. The molecule has 0 rings (SSSR count). The van der Waals surface area contributed by atoms with E-state index in [0.717, 1.165) is 18.9 Å². The van der Waals surface area contributed by atoms with E-state index in [-0.39, 0.29) is 29.6 Å². The third kappa shape index (κ3) is 21.8. The first-order valence-electron chi connectivity index (χ1n) is 10.1.